The van der Waals surface area contributed by atoms with Crippen LogP contribution in [0, 0.1) is 11.3 Å². The van der Waals surface area contributed by atoms with Gasteiger partial charge in [-0.1, -0.05) is 42.1 Å². The minimum absolute atomic E-state index is 0.147. The third-order valence-electron chi connectivity index (χ3n) is 4.46. The van der Waals surface area contributed by atoms with E-state index in [1.807, 2.05) is 0 Å². The highest BCUT2D eigenvalue weighted by molar-refractivity contribution is 9.09. The molecule has 0 spiro atoms. The Kier molecular flexibility index (Phi) is 7.88. The fourth-order valence-electron chi connectivity index (χ4n) is 3.00. The minimum atomic E-state index is -4.21. The minimum Gasteiger partial charge on any atom is -0.372 e. The van der Waals surface area contributed by atoms with Gasteiger partial charge in [0.25, 0.3) is 0 Å². The zero-order valence-corrected chi connectivity index (χ0v) is 13.9. The highest BCUT2D eigenvalue weighted by atomic mass is 79.9. The van der Waals surface area contributed by atoms with Crippen LogP contribution < -0.4 is 0 Å². The van der Waals surface area contributed by atoms with Gasteiger partial charge in [-0.25, -0.2) is 0 Å². The van der Waals surface area contributed by atoms with Crippen molar-refractivity contribution in [2.24, 2.45) is 11.3 Å². The van der Waals surface area contributed by atoms with Crippen LogP contribution in [-0.2, 0) is 4.74 Å². The van der Waals surface area contributed by atoms with Crippen LogP contribution in [0.4, 0.5) is 13.2 Å². The van der Waals surface area contributed by atoms with Gasteiger partial charge >= 0.3 is 6.18 Å². The first kappa shape index (κ1) is 18.3. The average Bonchev–Trinajstić information content (AvgIpc) is 2.42. The van der Waals surface area contributed by atoms with Crippen LogP contribution in [0.5, 0.6) is 0 Å². The van der Waals surface area contributed by atoms with Crippen molar-refractivity contribution in [2.45, 2.75) is 64.5 Å². The second-order valence-corrected chi connectivity index (χ2v) is 6.70. The fourth-order valence-corrected chi connectivity index (χ4v) is 3.84. The molecule has 1 aliphatic rings. The molecule has 0 heterocycles. The molecule has 0 aromatic heterocycles. The van der Waals surface area contributed by atoms with Crippen molar-refractivity contribution >= 4 is 15.9 Å². The molecule has 0 bridgehead atoms. The molecule has 0 aromatic rings. The van der Waals surface area contributed by atoms with Crippen molar-refractivity contribution in [1.82, 2.24) is 0 Å². The largest absolute Gasteiger partial charge is 0.411 e. The zero-order valence-electron chi connectivity index (χ0n) is 12.3. The Balaban J connectivity index is 2.27. The molecule has 1 aliphatic carbocycles. The lowest BCUT2D eigenvalue weighted by Gasteiger charge is -2.39. The summed E-state index contributed by atoms with van der Waals surface area (Å²) in [7, 11) is 0. The molecule has 1 nitrogen and oxygen atoms in total. The van der Waals surface area contributed by atoms with E-state index in [0.29, 0.717) is 0 Å². The van der Waals surface area contributed by atoms with E-state index >= 15 is 0 Å². The summed E-state index contributed by atoms with van der Waals surface area (Å²) in [4.78, 5) is 0. The SMILES string of the molecule is CCCCC1CCC(CBr)(CCOCC(F)(F)F)CC1. The van der Waals surface area contributed by atoms with Gasteiger partial charge in [0.2, 0.25) is 0 Å². The van der Waals surface area contributed by atoms with Gasteiger partial charge in [0.05, 0.1) is 0 Å². The molecular formula is C15H26BrF3O. The first-order valence-electron chi connectivity index (χ1n) is 7.61. The Bertz CT molecular complexity index is 260. The molecule has 1 rings (SSSR count). The van der Waals surface area contributed by atoms with Crippen LogP contribution in [-0.4, -0.2) is 24.7 Å². The van der Waals surface area contributed by atoms with E-state index in [1.165, 1.54) is 32.1 Å². The van der Waals surface area contributed by atoms with E-state index in [2.05, 4.69) is 22.9 Å². The molecule has 0 amide bonds. The molecule has 1 fully saturated rings. The predicted molar refractivity (Wildman–Crippen MR) is 79.2 cm³/mol. The van der Waals surface area contributed by atoms with E-state index in [0.717, 1.165) is 30.5 Å². The fraction of sp³-hybridized carbons (Fsp3) is 1.00. The van der Waals surface area contributed by atoms with Crippen molar-refractivity contribution < 1.29 is 17.9 Å². The highest BCUT2D eigenvalue weighted by Crippen LogP contribution is 2.44. The standard InChI is InChI=1S/C15H26BrF3O/c1-2-3-4-13-5-7-14(11-16,8-6-13)9-10-20-12-15(17,18)19/h13H,2-12H2,1H3. The van der Waals surface area contributed by atoms with Gasteiger partial charge in [-0.15, -0.1) is 0 Å². The molecule has 0 saturated heterocycles. The van der Waals surface area contributed by atoms with Crippen LogP contribution >= 0.6 is 15.9 Å². The van der Waals surface area contributed by atoms with Crippen molar-refractivity contribution in [3.8, 4) is 0 Å². The van der Waals surface area contributed by atoms with Gasteiger partial charge in [0, 0.05) is 11.9 Å². The molecule has 0 aliphatic heterocycles. The molecule has 0 N–H and O–H groups in total. The summed E-state index contributed by atoms with van der Waals surface area (Å²) >= 11 is 3.55. The van der Waals surface area contributed by atoms with Gasteiger partial charge in [0.15, 0.2) is 0 Å². The monoisotopic (exact) mass is 358 g/mol. The summed E-state index contributed by atoms with van der Waals surface area (Å²) in [5.41, 5.74) is 0.147. The first-order chi connectivity index (χ1) is 9.41. The summed E-state index contributed by atoms with van der Waals surface area (Å²) < 4.78 is 40.9. The number of hydrogen-bond donors (Lipinski definition) is 0. The van der Waals surface area contributed by atoms with Crippen molar-refractivity contribution in [1.29, 1.82) is 0 Å². The number of rotatable bonds is 8. The topological polar surface area (TPSA) is 9.23 Å². The smallest absolute Gasteiger partial charge is 0.372 e. The Morgan fingerprint density at radius 1 is 1.25 bits per heavy atom. The molecule has 0 radical (unpaired) electrons. The van der Waals surface area contributed by atoms with Crippen LogP contribution in [0.15, 0.2) is 0 Å². The molecule has 5 heteroatoms. The maximum atomic E-state index is 12.0. The second kappa shape index (κ2) is 8.62. The maximum Gasteiger partial charge on any atom is 0.411 e. The van der Waals surface area contributed by atoms with Crippen molar-refractivity contribution in [3.63, 3.8) is 0 Å². The van der Waals surface area contributed by atoms with Crippen LogP contribution in [0.2, 0.25) is 0 Å². The lowest BCUT2D eigenvalue weighted by Crippen LogP contribution is -2.31. The molecular weight excluding hydrogens is 333 g/mol. The van der Waals surface area contributed by atoms with Gasteiger partial charge in [-0.05, 0) is 43.4 Å². The number of halogens is 4. The zero-order chi connectivity index (χ0) is 15.1. The summed E-state index contributed by atoms with van der Waals surface area (Å²) in [6.07, 6.45) is 5.01. The number of unbranched alkanes of at least 4 members (excludes halogenated alkanes) is 1. The van der Waals surface area contributed by atoms with E-state index < -0.39 is 12.8 Å². The molecule has 20 heavy (non-hydrogen) atoms. The first-order valence-corrected chi connectivity index (χ1v) is 8.73. The third kappa shape index (κ3) is 6.79. The Morgan fingerprint density at radius 2 is 1.90 bits per heavy atom. The molecule has 0 unspecified atom stereocenters. The quantitative estimate of drug-likeness (QED) is 0.398. The number of alkyl halides is 4. The second-order valence-electron chi connectivity index (χ2n) is 6.14. The van der Waals surface area contributed by atoms with Crippen LogP contribution in [0.25, 0.3) is 0 Å². The molecule has 0 aromatic carbocycles. The summed E-state index contributed by atoms with van der Waals surface area (Å²) in [6.45, 7) is 1.30. The van der Waals surface area contributed by atoms with Crippen molar-refractivity contribution in [2.75, 3.05) is 18.5 Å². The number of hydrogen-bond acceptors (Lipinski definition) is 1. The summed E-state index contributed by atoms with van der Waals surface area (Å²) in [6, 6.07) is 0. The van der Waals surface area contributed by atoms with E-state index in [4.69, 9.17) is 4.74 Å². The van der Waals surface area contributed by atoms with E-state index in [1.54, 1.807) is 0 Å². The Hall–Kier alpha value is 0.230. The van der Waals surface area contributed by atoms with E-state index in [-0.39, 0.29) is 12.0 Å². The van der Waals surface area contributed by atoms with Crippen LogP contribution in [0.3, 0.4) is 0 Å². The third-order valence-corrected chi connectivity index (χ3v) is 5.65. The predicted octanol–water partition coefficient (Wildman–Crippen LogP) is 5.72. The van der Waals surface area contributed by atoms with Gasteiger partial charge < -0.3 is 4.74 Å². The molecule has 120 valence electrons. The van der Waals surface area contributed by atoms with Gasteiger partial charge in [0.1, 0.15) is 6.61 Å². The Labute approximate surface area is 128 Å². The van der Waals surface area contributed by atoms with Crippen LogP contribution in [0.1, 0.15) is 58.3 Å². The molecule has 1 saturated carbocycles. The average molecular weight is 359 g/mol. The van der Waals surface area contributed by atoms with Crippen molar-refractivity contribution in [3.05, 3.63) is 0 Å². The highest BCUT2D eigenvalue weighted by Gasteiger charge is 2.34. The molecule has 0 atom stereocenters. The van der Waals surface area contributed by atoms with E-state index in [9.17, 15) is 13.2 Å². The lowest BCUT2D eigenvalue weighted by atomic mass is 9.69. The maximum absolute atomic E-state index is 12.0. The lowest BCUT2D eigenvalue weighted by molar-refractivity contribution is -0.175. The summed E-state index contributed by atoms with van der Waals surface area (Å²) in [5, 5.41) is 0.871. The van der Waals surface area contributed by atoms with Gasteiger partial charge in [-0.2, -0.15) is 13.2 Å². The normalized spacial score (nSPS) is 27.8. The van der Waals surface area contributed by atoms with Gasteiger partial charge in [-0.3, -0.25) is 0 Å². The number of ether oxygens (including phenoxy) is 1. The summed E-state index contributed by atoms with van der Waals surface area (Å²) in [5.74, 6) is 0.818. The Morgan fingerprint density at radius 3 is 2.40 bits per heavy atom.